The molecule has 0 fully saturated rings. The molecule has 0 spiro atoms. The molecule has 24 heavy (non-hydrogen) atoms. The van der Waals surface area contributed by atoms with Crippen LogP contribution in [0.15, 0.2) is 67.0 Å². The average molecular weight is 318 g/mol. The summed E-state index contributed by atoms with van der Waals surface area (Å²) in [4.78, 5) is 10.9. The number of aromatic nitrogens is 2. The normalized spacial score (nSPS) is 10.4. The third-order valence-electron chi connectivity index (χ3n) is 3.97. The number of nitrogens with zero attached hydrogens (tertiary/aromatic N) is 3. The van der Waals surface area contributed by atoms with Gasteiger partial charge >= 0.3 is 0 Å². The van der Waals surface area contributed by atoms with Crippen molar-refractivity contribution in [2.45, 2.75) is 19.9 Å². The Labute approximate surface area is 143 Å². The molecule has 0 saturated heterocycles. The molecule has 3 aromatic rings. The van der Waals surface area contributed by atoms with Crippen LogP contribution in [-0.2, 0) is 13.0 Å². The van der Waals surface area contributed by atoms with Gasteiger partial charge in [0, 0.05) is 25.3 Å². The molecule has 4 heteroatoms. The van der Waals surface area contributed by atoms with Crippen molar-refractivity contribution in [1.82, 2.24) is 9.97 Å². The third-order valence-corrected chi connectivity index (χ3v) is 3.97. The molecule has 0 aliphatic rings. The van der Waals surface area contributed by atoms with E-state index in [1.807, 2.05) is 25.2 Å². The van der Waals surface area contributed by atoms with Gasteiger partial charge in [-0.15, -0.1) is 0 Å². The number of nitrogens with one attached hydrogen (secondary N) is 1. The summed E-state index contributed by atoms with van der Waals surface area (Å²) in [6, 6.07) is 20.7. The molecule has 122 valence electrons. The molecule has 0 saturated carbocycles. The van der Waals surface area contributed by atoms with E-state index in [4.69, 9.17) is 0 Å². The summed E-state index contributed by atoms with van der Waals surface area (Å²) >= 11 is 0. The topological polar surface area (TPSA) is 41.0 Å². The van der Waals surface area contributed by atoms with Gasteiger partial charge in [0.15, 0.2) is 0 Å². The summed E-state index contributed by atoms with van der Waals surface area (Å²) in [5, 5.41) is 3.40. The van der Waals surface area contributed by atoms with Crippen LogP contribution in [0.5, 0.6) is 0 Å². The van der Waals surface area contributed by atoms with Crippen LogP contribution in [0, 0.1) is 0 Å². The fourth-order valence-corrected chi connectivity index (χ4v) is 2.65. The summed E-state index contributed by atoms with van der Waals surface area (Å²) in [6.07, 6.45) is 2.59. The Kier molecular flexibility index (Phi) is 5.06. The van der Waals surface area contributed by atoms with Crippen molar-refractivity contribution in [3.8, 4) is 0 Å². The predicted octanol–water partition coefficient (Wildman–Crippen LogP) is 4.42. The molecule has 4 nitrogen and oxygen atoms in total. The van der Waals surface area contributed by atoms with Gasteiger partial charge in [0.25, 0.3) is 0 Å². The van der Waals surface area contributed by atoms with Gasteiger partial charge in [-0.3, -0.25) is 0 Å². The van der Waals surface area contributed by atoms with Crippen LogP contribution < -0.4 is 10.2 Å². The summed E-state index contributed by atoms with van der Waals surface area (Å²) in [6.45, 7) is 2.96. The Balaban J connectivity index is 1.76. The minimum absolute atomic E-state index is 0.806. The van der Waals surface area contributed by atoms with E-state index < -0.39 is 0 Å². The second-order valence-electron chi connectivity index (χ2n) is 5.74. The van der Waals surface area contributed by atoms with E-state index in [0.717, 1.165) is 30.3 Å². The predicted molar refractivity (Wildman–Crippen MR) is 99.7 cm³/mol. The molecule has 0 amide bonds. The number of anilines is 3. The zero-order valence-corrected chi connectivity index (χ0v) is 14.1. The minimum Gasteiger partial charge on any atom is -0.355 e. The lowest BCUT2D eigenvalue weighted by Gasteiger charge is -2.19. The van der Waals surface area contributed by atoms with Crippen molar-refractivity contribution < 1.29 is 0 Å². The van der Waals surface area contributed by atoms with Crippen molar-refractivity contribution in [3.63, 3.8) is 0 Å². The lowest BCUT2D eigenvalue weighted by Crippen LogP contribution is -2.18. The Hall–Kier alpha value is -2.88. The van der Waals surface area contributed by atoms with Crippen LogP contribution in [0.4, 0.5) is 17.3 Å². The maximum Gasteiger partial charge on any atom is 0.135 e. The Bertz CT molecular complexity index is 786. The highest BCUT2D eigenvalue weighted by Crippen LogP contribution is 2.22. The Morgan fingerprint density at radius 3 is 2.50 bits per heavy atom. The first-order valence-electron chi connectivity index (χ1n) is 8.18. The van der Waals surface area contributed by atoms with E-state index in [2.05, 4.69) is 69.6 Å². The molecule has 0 radical (unpaired) electrons. The lowest BCUT2D eigenvalue weighted by molar-refractivity contribution is 0.892. The molecule has 0 aliphatic heterocycles. The summed E-state index contributed by atoms with van der Waals surface area (Å²) in [5.74, 6) is 1.70. The molecule has 0 unspecified atom stereocenters. The van der Waals surface area contributed by atoms with Gasteiger partial charge in [0.05, 0.1) is 0 Å². The molecule has 1 N–H and O–H groups in total. The van der Waals surface area contributed by atoms with Gasteiger partial charge in [0.1, 0.15) is 18.0 Å². The van der Waals surface area contributed by atoms with Crippen molar-refractivity contribution >= 4 is 17.3 Å². The molecule has 0 atom stereocenters. The van der Waals surface area contributed by atoms with Gasteiger partial charge in [-0.05, 0) is 23.6 Å². The zero-order chi connectivity index (χ0) is 16.8. The highest BCUT2D eigenvalue weighted by molar-refractivity contribution is 5.62. The highest BCUT2D eigenvalue weighted by Gasteiger charge is 2.07. The number of aryl methyl sites for hydroxylation is 1. The molecule has 3 rings (SSSR count). The Morgan fingerprint density at radius 1 is 0.958 bits per heavy atom. The van der Waals surface area contributed by atoms with Gasteiger partial charge in [-0.25, -0.2) is 9.97 Å². The molecule has 2 aromatic carbocycles. The fraction of sp³-hybridized carbons (Fsp3) is 0.200. The van der Waals surface area contributed by atoms with Crippen LogP contribution in [0.2, 0.25) is 0 Å². The fourth-order valence-electron chi connectivity index (χ4n) is 2.65. The number of hydrogen-bond donors (Lipinski definition) is 1. The van der Waals surface area contributed by atoms with Gasteiger partial charge in [-0.2, -0.15) is 0 Å². The SMILES string of the molecule is CCc1ccccc1Nc1cc(N(C)Cc2ccccc2)ncn1. The van der Waals surface area contributed by atoms with Crippen molar-refractivity contribution in [2.24, 2.45) is 0 Å². The first kappa shape index (κ1) is 16.0. The molecule has 1 heterocycles. The maximum absolute atomic E-state index is 4.39. The van der Waals surface area contributed by atoms with Gasteiger partial charge in [-0.1, -0.05) is 55.5 Å². The summed E-state index contributed by atoms with van der Waals surface area (Å²) in [7, 11) is 2.04. The van der Waals surface area contributed by atoms with E-state index in [-0.39, 0.29) is 0 Å². The standard InChI is InChI=1S/C20H22N4/c1-3-17-11-7-8-12-18(17)23-19-13-20(22-15-21-19)24(2)14-16-9-5-4-6-10-16/h4-13,15H,3,14H2,1-2H3,(H,21,22,23). The number of benzene rings is 2. The average Bonchev–Trinajstić information content (AvgIpc) is 2.63. The molecular weight excluding hydrogens is 296 g/mol. The monoisotopic (exact) mass is 318 g/mol. The third kappa shape index (κ3) is 3.90. The first-order valence-corrected chi connectivity index (χ1v) is 8.18. The van der Waals surface area contributed by atoms with Gasteiger partial charge < -0.3 is 10.2 Å². The van der Waals surface area contributed by atoms with Crippen molar-refractivity contribution in [2.75, 3.05) is 17.3 Å². The number of hydrogen-bond acceptors (Lipinski definition) is 4. The maximum atomic E-state index is 4.39. The van der Waals surface area contributed by atoms with Crippen LogP contribution in [0.1, 0.15) is 18.1 Å². The van der Waals surface area contributed by atoms with Crippen LogP contribution in [0.3, 0.4) is 0 Å². The smallest absolute Gasteiger partial charge is 0.135 e. The van der Waals surface area contributed by atoms with Crippen molar-refractivity contribution in [1.29, 1.82) is 0 Å². The van der Waals surface area contributed by atoms with E-state index in [9.17, 15) is 0 Å². The highest BCUT2D eigenvalue weighted by atomic mass is 15.2. The second kappa shape index (κ2) is 7.59. The minimum atomic E-state index is 0.806. The van der Waals surface area contributed by atoms with Crippen molar-refractivity contribution in [3.05, 3.63) is 78.1 Å². The van der Waals surface area contributed by atoms with Crippen LogP contribution in [-0.4, -0.2) is 17.0 Å². The van der Waals surface area contributed by atoms with E-state index in [1.165, 1.54) is 11.1 Å². The molecule has 0 aliphatic carbocycles. The van der Waals surface area contributed by atoms with E-state index >= 15 is 0 Å². The largest absolute Gasteiger partial charge is 0.355 e. The first-order chi connectivity index (χ1) is 11.8. The van der Waals surface area contributed by atoms with E-state index in [0.29, 0.717) is 0 Å². The van der Waals surface area contributed by atoms with E-state index in [1.54, 1.807) is 6.33 Å². The molecular formula is C20H22N4. The van der Waals surface area contributed by atoms with Crippen LogP contribution in [0.25, 0.3) is 0 Å². The summed E-state index contributed by atoms with van der Waals surface area (Å²) < 4.78 is 0. The number of para-hydroxylation sites is 1. The van der Waals surface area contributed by atoms with Gasteiger partial charge in [0.2, 0.25) is 0 Å². The molecule has 1 aromatic heterocycles. The Morgan fingerprint density at radius 2 is 1.71 bits per heavy atom. The quantitative estimate of drug-likeness (QED) is 0.730. The molecule has 0 bridgehead atoms. The lowest BCUT2D eigenvalue weighted by atomic mass is 10.1. The summed E-state index contributed by atoms with van der Waals surface area (Å²) in [5.41, 5.74) is 3.62. The second-order valence-corrected chi connectivity index (χ2v) is 5.74. The zero-order valence-electron chi connectivity index (χ0n) is 14.1. The number of rotatable bonds is 6. The van der Waals surface area contributed by atoms with Crippen LogP contribution >= 0.6 is 0 Å².